The molecule has 3 rings (SSSR count). The van der Waals surface area contributed by atoms with Gasteiger partial charge in [0.1, 0.15) is 0 Å². The number of hydrogen-bond donors (Lipinski definition) is 1. The van der Waals surface area contributed by atoms with Crippen molar-refractivity contribution >= 4 is 11.6 Å². The lowest BCUT2D eigenvalue weighted by molar-refractivity contribution is -0.120. The van der Waals surface area contributed by atoms with Crippen molar-refractivity contribution in [3.8, 4) is 0 Å². The fourth-order valence-electron chi connectivity index (χ4n) is 3.26. The Hall–Kier alpha value is -1.55. The molecule has 4 heteroatoms. The molecule has 120 valence electrons. The summed E-state index contributed by atoms with van der Waals surface area (Å²) in [6.07, 6.45) is 6.75. The quantitative estimate of drug-likeness (QED) is 0.908. The number of anilines is 1. The van der Waals surface area contributed by atoms with Gasteiger partial charge in [0, 0.05) is 31.9 Å². The van der Waals surface area contributed by atoms with E-state index in [1.54, 1.807) is 0 Å². The van der Waals surface area contributed by atoms with E-state index in [-0.39, 0.29) is 12.0 Å². The molecule has 0 spiro atoms. The number of carbonyl (C=O) groups is 1. The number of benzene rings is 1. The number of amides is 1. The summed E-state index contributed by atoms with van der Waals surface area (Å²) in [5.41, 5.74) is 2.36. The summed E-state index contributed by atoms with van der Waals surface area (Å²) < 4.78 is 5.52. The van der Waals surface area contributed by atoms with Crippen LogP contribution in [0.1, 0.15) is 37.7 Å². The van der Waals surface area contributed by atoms with Gasteiger partial charge in [-0.1, -0.05) is 12.1 Å². The highest BCUT2D eigenvalue weighted by molar-refractivity contribution is 5.78. The third-order valence-electron chi connectivity index (χ3n) is 4.57. The highest BCUT2D eigenvalue weighted by Crippen LogP contribution is 2.20. The molecule has 1 aromatic carbocycles. The zero-order valence-electron chi connectivity index (χ0n) is 13.2. The van der Waals surface area contributed by atoms with E-state index in [9.17, 15) is 4.79 Å². The molecule has 0 bridgehead atoms. The topological polar surface area (TPSA) is 41.6 Å². The lowest BCUT2D eigenvalue weighted by Crippen LogP contribution is -2.32. The van der Waals surface area contributed by atoms with Gasteiger partial charge in [-0.2, -0.15) is 0 Å². The largest absolute Gasteiger partial charge is 0.376 e. The van der Waals surface area contributed by atoms with Gasteiger partial charge in [-0.25, -0.2) is 0 Å². The summed E-state index contributed by atoms with van der Waals surface area (Å²) in [5, 5.41) is 2.98. The fraction of sp³-hybridized carbons (Fsp3) is 0.611. The zero-order valence-corrected chi connectivity index (χ0v) is 13.2. The average Bonchev–Trinajstić information content (AvgIpc) is 3.08. The Balaban J connectivity index is 1.46. The Bertz CT molecular complexity index is 474. The molecule has 0 aliphatic carbocycles. The zero-order chi connectivity index (χ0) is 15.2. The lowest BCUT2D eigenvalue weighted by Gasteiger charge is -2.28. The van der Waals surface area contributed by atoms with Crippen molar-refractivity contribution in [1.29, 1.82) is 0 Å². The molecule has 0 saturated carbocycles. The van der Waals surface area contributed by atoms with Crippen molar-refractivity contribution in [2.45, 2.75) is 44.6 Å². The van der Waals surface area contributed by atoms with Crippen molar-refractivity contribution in [3.05, 3.63) is 29.8 Å². The van der Waals surface area contributed by atoms with Crippen LogP contribution in [0.5, 0.6) is 0 Å². The van der Waals surface area contributed by atoms with E-state index in [0.29, 0.717) is 13.0 Å². The first-order chi connectivity index (χ1) is 10.8. The van der Waals surface area contributed by atoms with E-state index in [0.717, 1.165) is 38.1 Å². The first kappa shape index (κ1) is 15.3. The Labute approximate surface area is 132 Å². The minimum atomic E-state index is 0.0845. The van der Waals surface area contributed by atoms with Gasteiger partial charge >= 0.3 is 0 Å². The standard InChI is InChI=1S/C18H26N2O2/c21-18(19-14-17-5-4-12-22-17)13-15-6-8-16(9-7-15)20-10-2-1-3-11-20/h6-9,17H,1-5,10-14H2,(H,19,21). The predicted octanol–water partition coefficient (Wildman–Crippen LogP) is 2.51. The number of hydrogen-bond acceptors (Lipinski definition) is 3. The maximum atomic E-state index is 12.0. The Morgan fingerprint density at radius 2 is 1.91 bits per heavy atom. The molecule has 1 N–H and O–H groups in total. The molecule has 4 nitrogen and oxygen atoms in total. The lowest BCUT2D eigenvalue weighted by atomic mass is 10.1. The molecule has 2 fully saturated rings. The summed E-state index contributed by atoms with van der Waals surface area (Å²) in [6.45, 7) is 3.78. The maximum Gasteiger partial charge on any atom is 0.224 e. The van der Waals surface area contributed by atoms with Crippen LogP contribution in [-0.2, 0) is 16.0 Å². The van der Waals surface area contributed by atoms with Crippen LogP contribution in [-0.4, -0.2) is 38.3 Å². The predicted molar refractivity (Wildman–Crippen MR) is 88.2 cm³/mol. The highest BCUT2D eigenvalue weighted by atomic mass is 16.5. The molecular weight excluding hydrogens is 276 g/mol. The molecule has 1 amide bonds. The van der Waals surface area contributed by atoms with E-state index in [4.69, 9.17) is 4.74 Å². The first-order valence-electron chi connectivity index (χ1n) is 8.53. The molecule has 1 aromatic rings. The third-order valence-corrected chi connectivity index (χ3v) is 4.57. The van der Waals surface area contributed by atoms with Gasteiger partial charge in [-0.3, -0.25) is 4.79 Å². The van der Waals surface area contributed by atoms with Gasteiger partial charge in [-0.15, -0.1) is 0 Å². The second kappa shape index (κ2) is 7.63. The van der Waals surface area contributed by atoms with Gasteiger partial charge < -0.3 is 15.0 Å². The van der Waals surface area contributed by atoms with Gasteiger partial charge in [-0.05, 0) is 49.8 Å². The van der Waals surface area contributed by atoms with Crippen molar-refractivity contribution in [1.82, 2.24) is 5.32 Å². The van der Waals surface area contributed by atoms with Crippen LogP contribution < -0.4 is 10.2 Å². The Morgan fingerprint density at radius 1 is 1.14 bits per heavy atom. The van der Waals surface area contributed by atoms with E-state index < -0.39 is 0 Å². The second-order valence-electron chi connectivity index (χ2n) is 6.33. The number of ether oxygens (including phenoxy) is 1. The SMILES string of the molecule is O=C(Cc1ccc(N2CCCCC2)cc1)NCC1CCCO1. The van der Waals surface area contributed by atoms with Gasteiger partial charge in [0.15, 0.2) is 0 Å². The van der Waals surface area contributed by atoms with Crippen molar-refractivity contribution < 1.29 is 9.53 Å². The van der Waals surface area contributed by atoms with Crippen LogP contribution in [0.2, 0.25) is 0 Å². The van der Waals surface area contributed by atoms with Gasteiger partial charge in [0.2, 0.25) is 5.91 Å². The summed E-state index contributed by atoms with van der Waals surface area (Å²) in [6, 6.07) is 8.45. The molecule has 1 unspecified atom stereocenters. The Morgan fingerprint density at radius 3 is 2.59 bits per heavy atom. The van der Waals surface area contributed by atoms with Crippen LogP contribution in [0.4, 0.5) is 5.69 Å². The summed E-state index contributed by atoms with van der Waals surface area (Å²) >= 11 is 0. The molecule has 0 aromatic heterocycles. The highest BCUT2D eigenvalue weighted by Gasteiger charge is 2.16. The third kappa shape index (κ3) is 4.23. The summed E-state index contributed by atoms with van der Waals surface area (Å²) in [4.78, 5) is 14.4. The van der Waals surface area contributed by atoms with Crippen molar-refractivity contribution in [2.75, 3.05) is 31.1 Å². The number of piperidine rings is 1. The molecule has 0 radical (unpaired) electrons. The van der Waals surface area contributed by atoms with E-state index in [1.807, 2.05) is 0 Å². The molecule has 2 aliphatic heterocycles. The smallest absolute Gasteiger partial charge is 0.224 e. The molecular formula is C18H26N2O2. The van der Waals surface area contributed by atoms with E-state index in [1.165, 1.54) is 24.9 Å². The van der Waals surface area contributed by atoms with Crippen molar-refractivity contribution in [3.63, 3.8) is 0 Å². The van der Waals surface area contributed by atoms with Crippen LogP contribution in [0.15, 0.2) is 24.3 Å². The molecule has 1 atom stereocenters. The van der Waals surface area contributed by atoms with Gasteiger partial charge in [0.05, 0.1) is 12.5 Å². The Kier molecular flexibility index (Phi) is 5.33. The van der Waals surface area contributed by atoms with Crippen LogP contribution in [0, 0.1) is 0 Å². The minimum Gasteiger partial charge on any atom is -0.376 e. The normalized spacial score (nSPS) is 21.8. The van der Waals surface area contributed by atoms with E-state index >= 15 is 0 Å². The minimum absolute atomic E-state index is 0.0845. The average molecular weight is 302 g/mol. The number of nitrogens with one attached hydrogen (secondary N) is 1. The van der Waals surface area contributed by atoms with Crippen molar-refractivity contribution in [2.24, 2.45) is 0 Å². The maximum absolute atomic E-state index is 12.0. The molecule has 22 heavy (non-hydrogen) atoms. The molecule has 2 saturated heterocycles. The van der Waals surface area contributed by atoms with E-state index in [2.05, 4.69) is 34.5 Å². The molecule has 2 aliphatic rings. The number of nitrogens with zero attached hydrogens (tertiary/aromatic N) is 1. The van der Waals surface area contributed by atoms with Gasteiger partial charge in [0.25, 0.3) is 0 Å². The first-order valence-corrected chi connectivity index (χ1v) is 8.53. The monoisotopic (exact) mass is 302 g/mol. The fourth-order valence-corrected chi connectivity index (χ4v) is 3.26. The summed E-state index contributed by atoms with van der Waals surface area (Å²) in [5.74, 6) is 0.0845. The van der Waals surface area contributed by atoms with Crippen LogP contribution in [0.3, 0.4) is 0 Å². The van der Waals surface area contributed by atoms with Crippen LogP contribution >= 0.6 is 0 Å². The second-order valence-corrected chi connectivity index (χ2v) is 6.33. The molecule has 2 heterocycles. The summed E-state index contributed by atoms with van der Waals surface area (Å²) in [7, 11) is 0. The van der Waals surface area contributed by atoms with Crippen LogP contribution in [0.25, 0.3) is 0 Å². The number of rotatable bonds is 5. The number of carbonyl (C=O) groups excluding carboxylic acids is 1.